The summed E-state index contributed by atoms with van der Waals surface area (Å²) in [5, 5.41) is 0. The van der Waals surface area contributed by atoms with Gasteiger partial charge in [-0.25, -0.2) is 0 Å². The van der Waals surface area contributed by atoms with Crippen LogP contribution in [0.5, 0.6) is 0 Å². The van der Waals surface area contributed by atoms with Crippen LogP contribution in [0.1, 0.15) is 440 Å². The van der Waals surface area contributed by atoms with Gasteiger partial charge in [0.1, 0.15) is 39.2 Å². The van der Waals surface area contributed by atoms with Gasteiger partial charge < -0.3 is 33.2 Å². The summed E-state index contributed by atoms with van der Waals surface area (Å²) in [7, 11) is 0. The van der Waals surface area contributed by atoms with Crippen LogP contribution in [0.4, 0.5) is 0 Å². The van der Waals surface area contributed by atoms with E-state index < -0.39 is 0 Å². The molecule has 8 aliphatic rings. The Balaban J connectivity index is 0.000000623. The topological polar surface area (TPSA) is 184 Å². The van der Waals surface area contributed by atoms with Gasteiger partial charge in [0, 0.05) is 0 Å². The first-order chi connectivity index (χ1) is 48.4. The van der Waals surface area contributed by atoms with Crippen molar-refractivity contribution in [2.24, 2.45) is 67.5 Å². The lowest BCUT2D eigenvalue weighted by Crippen LogP contribution is -2.63. The first-order valence-corrected chi connectivity index (χ1v) is 43.1. The smallest absolute Gasteiger partial charge is 0.312 e. The number of hydrogen-bond acceptors (Lipinski definition) is 14. The molecule has 0 heterocycles. The average Bonchev–Trinajstić information content (AvgIpc) is 0.784. The Hall–Kier alpha value is -3.71. The predicted molar refractivity (Wildman–Crippen MR) is 436 cm³/mol. The number of hydrogen-bond donors (Lipinski definition) is 0. The van der Waals surface area contributed by atoms with Crippen molar-refractivity contribution in [3.05, 3.63) is 0 Å². The Morgan fingerprint density at radius 2 is 0.538 bits per heavy atom. The van der Waals surface area contributed by atoms with Crippen LogP contribution in [0.25, 0.3) is 0 Å². The molecule has 8 saturated carbocycles. The highest BCUT2D eigenvalue weighted by Gasteiger charge is 2.61. The molecule has 0 N–H and O–H groups in total. The van der Waals surface area contributed by atoms with Crippen molar-refractivity contribution >= 4 is 41.8 Å². The van der Waals surface area contributed by atoms with Crippen molar-refractivity contribution in [1.29, 1.82) is 0 Å². The molecule has 0 amide bonds. The third kappa shape index (κ3) is 30.8. The normalized spacial score (nSPS) is 23.0. The molecule has 8 fully saturated rings. The third-order valence-electron chi connectivity index (χ3n) is 26.7. The molecule has 0 aromatic carbocycles. The molecule has 4 bridgehead atoms. The summed E-state index contributed by atoms with van der Waals surface area (Å²) in [6, 6.07) is 0. The van der Waals surface area contributed by atoms with Crippen LogP contribution in [-0.2, 0) is 66.7 Å². The molecule has 0 saturated heterocycles. The maximum Gasteiger partial charge on any atom is 0.312 e. The second kappa shape index (κ2) is 41.7. The Morgan fingerprint density at radius 1 is 0.302 bits per heavy atom. The van der Waals surface area contributed by atoms with Gasteiger partial charge in [-0.05, 0) is 374 Å². The fourth-order valence-electron chi connectivity index (χ4n) is 14.6. The van der Waals surface area contributed by atoms with Crippen LogP contribution >= 0.6 is 0 Å². The van der Waals surface area contributed by atoms with Gasteiger partial charge in [-0.3, -0.25) is 33.6 Å². The summed E-state index contributed by atoms with van der Waals surface area (Å²) >= 11 is 0. The van der Waals surface area contributed by atoms with E-state index in [-0.39, 0.29) is 119 Å². The van der Waals surface area contributed by atoms with Gasteiger partial charge in [0.2, 0.25) is 0 Å². The summed E-state index contributed by atoms with van der Waals surface area (Å²) in [6.07, 6.45) is 35.7. The summed E-state index contributed by atoms with van der Waals surface area (Å²) in [4.78, 5) is 83.8. The SMILES string of the molecule is CCC(C)(C)C(=O)OC(C)(C)C.CCC(C)(C)C(=O)OC1(C(C)C)C2CC3CC(C2)CC1C3.CCC(C)(C)C(=O)OC1(C)CCCC1.CCC(C)(C)C(=O)OC1(C)CCCCC1.CCC(C)(C)OC(=O)C(C)(C)CC.CCC1(OC(=O)C(C)(C)CC)CCCC1.CCC1(OC(=O)C(C)(C)CC)CCCCC1. The lowest BCUT2D eigenvalue weighted by Gasteiger charge is -2.62. The number of ether oxygens (including phenoxy) is 7. The molecule has 0 radical (unpaired) electrons. The summed E-state index contributed by atoms with van der Waals surface area (Å²) in [5.74, 6) is 3.21. The minimum absolute atomic E-state index is 0.0150. The van der Waals surface area contributed by atoms with Gasteiger partial charge in [-0.1, -0.05) is 95.9 Å². The lowest BCUT2D eigenvalue weighted by molar-refractivity contribution is -0.231. The molecule has 8 aliphatic carbocycles. The molecule has 0 spiro atoms. The molecule has 0 aromatic heterocycles. The van der Waals surface area contributed by atoms with Gasteiger partial charge in [0.25, 0.3) is 0 Å². The van der Waals surface area contributed by atoms with Crippen LogP contribution in [-0.4, -0.2) is 81.0 Å². The Labute approximate surface area is 652 Å². The van der Waals surface area contributed by atoms with E-state index in [9.17, 15) is 33.6 Å². The van der Waals surface area contributed by atoms with E-state index >= 15 is 0 Å². The fourth-order valence-corrected chi connectivity index (χ4v) is 14.6. The number of carbonyl (C=O) groups is 7. The van der Waals surface area contributed by atoms with Crippen LogP contribution < -0.4 is 0 Å². The number of esters is 7. The van der Waals surface area contributed by atoms with Crippen LogP contribution in [0.2, 0.25) is 0 Å². The largest absolute Gasteiger partial charge is 0.460 e. The fraction of sp³-hybridized carbons (Fsp3) is 0.924. The highest BCUT2D eigenvalue weighted by Crippen LogP contribution is 2.62. The second-order valence-corrected chi connectivity index (χ2v) is 40.4. The molecule has 0 atom stereocenters. The van der Waals surface area contributed by atoms with E-state index in [1.807, 2.05) is 180 Å². The second-order valence-electron chi connectivity index (χ2n) is 40.4. The quantitative estimate of drug-likeness (QED) is 0.0657. The van der Waals surface area contributed by atoms with Crippen molar-refractivity contribution < 1.29 is 66.7 Å². The van der Waals surface area contributed by atoms with Gasteiger partial charge in [0.15, 0.2) is 0 Å². The summed E-state index contributed by atoms with van der Waals surface area (Å²) in [5.41, 5.74) is -3.91. The van der Waals surface area contributed by atoms with Crippen molar-refractivity contribution in [1.82, 2.24) is 0 Å². The molecule has 0 aromatic rings. The maximum atomic E-state index is 12.8. The number of rotatable bonds is 24. The standard InChI is InChI=1S/C19H32O2.C14H26O2.2C13H24O2.C12H22O2.C11H22O2.C10H20O2/c1-6-18(4,5)17(20)21-19(12(2)3)15-8-13-7-14(10-15)11-16(19)9-13;1-5-13(3,4)12(15)16-14(6-2)10-8-7-9-11-14;1-5-12(2,3)11(14)15-13(4)9-7-6-8-10-13;1-5-12(3,4)11(14)15-13(6-2)9-7-8-10-13;1-5-11(2,3)10(13)14-12(4)8-6-7-9-12;1-7-10(3,4)9(12)13-11(5,6)8-2;1-7-10(5,6)8(11)12-9(2,3)4/h12-16H,6-11H2,1-5H3;5-11H2,1-4H3;2*5-10H2,1-4H3;5-9H2,1-4H3;7-8H2,1-6H3;7H2,1-6H3. The zero-order valence-corrected chi connectivity index (χ0v) is 75.4. The molecular formula is C92H170O14. The van der Waals surface area contributed by atoms with E-state index in [1.54, 1.807) is 0 Å². The lowest BCUT2D eigenvalue weighted by atomic mass is 9.47. The summed E-state index contributed by atoms with van der Waals surface area (Å²) in [6.45, 7) is 66.1. The van der Waals surface area contributed by atoms with Gasteiger partial charge in [0.05, 0.1) is 37.9 Å². The van der Waals surface area contributed by atoms with Crippen molar-refractivity contribution in [2.75, 3.05) is 0 Å². The Bertz CT molecular complexity index is 2640. The van der Waals surface area contributed by atoms with Crippen LogP contribution in [0.15, 0.2) is 0 Å². The monoisotopic (exact) mass is 1500 g/mol. The van der Waals surface area contributed by atoms with Gasteiger partial charge in [-0.2, -0.15) is 0 Å². The zero-order valence-electron chi connectivity index (χ0n) is 75.4. The highest BCUT2D eigenvalue weighted by atomic mass is 16.6. The van der Waals surface area contributed by atoms with E-state index in [4.69, 9.17) is 33.2 Å². The van der Waals surface area contributed by atoms with Crippen molar-refractivity contribution in [2.45, 2.75) is 480 Å². The van der Waals surface area contributed by atoms with Crippen molar-refractivity contribution in [3.8, 4) is 0 Å². The Kier molecular flexibility index (Phi) is 39.5. The van der Waals surface area contributed by atoms with Gasteiger partial charge in [-0.15, -0.1) is 0 Å². The summed E-state index contributed by atoms with van der Waals surface area (Å²) < 4.78 is 40.0. The van der Waals surface area contributed by atoms with E-state index in [1.165, 1.54) is 96.3 Å². The molecular weight excluding hydrogens is 1330 g/mol. The zero-order chi connectivity index (χ0) is 82.2. The molecule has 14 heteroatoms. The maximum absolute atomic E-state index is 12.8. The van der Waals surface area contributed by atoms with E-state index in [0.29, 0.717) is 17.8 Å². The third-order valence-corrected chi connectivity index (χ3v) is 26.7. The average molecular weight is 1500 g/mol. The van der Waals surface area contributed by atoms with E-state index in [2.05, 4.69) is 48.5 Å². The molecule has 14 nitrogen and oxygen atoms in total. The first kappa shape index (κ1) is 100. The van der Waals surface area contributed by atoms with Crippen LogP contribution in [0, 0.1) is 67.5 Å². The first-order valence-electron chi connectivity index (χ1n) is 43.1. The number of carbonyl (C=O) groups excluding carboxylic acids is 7. The molecule has 0 aliphatic heterocycles. The van der Waals surface area contributed by atoms with Crippen molar-refractivity contribution in [3.63, 3.8) is 0 Å². The van der Waals surface area contributed by atoms with Gasteiger partial charge >= 0.3 is 41.8 Å². The molecule has 0 unspecified atom stereocenters. The van der Waals surface area contributed by atoms with Crippen LogP contribution in [0.3, 0.4) is 0 Å². The highest BCUT2D eigenvalue weighted by molar-refractivity contribution is 5.79. The minimum atomic E-state index is -0.372. The molecule has 106 heavy (non-hydrogen) atoms. The van der Waals surface area contributed by atoms with E-state index in [0.717, 1.165) is 127 Å². The predicted octanol–water partition coefficient (Wildman–Crippen LogP) is 25.5. The Morgan fingerprint density at radius 3 is 0.792 bits per heavy atom. The molecule has 8 rings (SSSR count). The minimum Gasteiger partial charge on any atom is -0.460 e. The molecule has 622 valence electrons.